The predicted octanol–water partition coefficient (Wildman–Crippen LogP) is 2.12. The number of rotatable bonds is 2. The Bertz CT molecular complexity index is 502. The van der Waals surface area contributed by atoms with Crippen LogP contribution < -0.4 is 0 Å². The number of amides is 1. The molecule has 1 amide bonds. The molecule has 0 aromatic heterocycles. The lowest BCUT2D eigenvalue weighted by Crippen LogP contribution is -2.31. The van der Waals surface area contributed by atoms with Crippen LogP contribution >= 0.6 is 0 Å². The normalized spacial score (nSPS) is 20.7. The predicted molar refractivity (Wildman–Crippen MR) is 66.8 cm³/mol. The van der Waals surface area contributed by atoms with Crippen molar-refractivity contribution in [3.05, 3.63) is 34.9 Å². The van der Waals surface area contributed by atoms with Crippen molar-refractivity contribution in [2.75, 3.05) is 13.1 Å². The number of hydrogen-bond acceptors (Lipinski definition) is 2. The maximum Gasteiger partial charge on any atom is 0.256 e. The van der Waals surface area contributed by atoms with Gasteiger partial charge >= 0.3 is 0 Å². The Morgan fingerprint density at radius 2 is 2.11 bits per heavy atom. The number of nitrogens with zero attached hydrogens (tertiary/aromatic N) is 1. The van der Waals surface area contributed by atoms with E-state index in [-0.39, 0.29) is 17.0 Å². The fraction of sp³-hybridized carbons (Fsp3) is 0.500. The van der Waals surface area contributed by atoms with Gasteiger partial charge in [0.05, 0.1) is 11.7 Å². The van der Waals surface area contributed by atoms with Gasteiger partial charge in [0.1, 0.15) is 11.6 Å². The standard InChI is InChI=1S/C14H17F2NO2/c1-8-5-11(13(16)6-12(8)15)14(19)17-4-3-10(7-17)9(2)18/h5-6,9-10,18H,3-4,7H2,1-2H3. The minimum absolute atomic E-state index is 0.0218. The second-order valence-corrected chi connectivity index (χ2v) is 5.12. The van der Waals surface area contributed by atoms with E-state index in [0.717, 1.165) is 6.07 Å². The Morgan fingerprint density at radius 1 is 1.42 bits per heavy atom. The number of hydrogen-bond donors (Lipinski definition) is 1. The van der Waals surface area contributed by atoms with Crippen molar-refractivity contribution >= 4 is 5.91 Å². The number of benzene rings is 1. The summed E-state index contributed by atoms with van der Waals surface area (Å²) in [5, 5.41) is 9.50. The van der Waals surface area contributed by atoms with Gasteiger partial charge in [-0.2, -0.15) is 0 Å². The highest BCUT2D eigenvalue weighted by Gasteiger charge is 2.30. The van der Waals surface area contributed by atoms with E-state index in [0.29, 0.717) is 19.5 Å². The van der Waals surface area contributed by atoms with Gasteiger partial charge in [-0.05, 0) is 31.9 Å². The summed E-state index contributed by atoms with van der Waals surface area (Å²) < 4.78 is 26.8. The van der Waals surface area contributed by atoms with E-state index in [1.54, 1.807) is 6.92 Å². The Kier molecular flexibility index (Phi) is 3.85. The van der Waals surface area contributed by atoms with Crippen LogP contribution in [0.2, 0.25) is 0 Å². The zero-order valence-corrected chi connectivity index (χ0v) is 11.0. The smallest absolute Gasteiger partial charge is 0.256 e. The topological polar surface area (TPSA) is 40.5 Å². The van der Waals surface area contributed by atoms with Crippen LogP contribution in [0.3, 0.4) is 0 Å². The van der Waals surface area contributed by atoms with Crippen molar-refractivity contribution in [1.82, 2.24) is 4.90 Å². The number of aryl methyl sites for hydroxylation is 1. The zero-order chi connectivity index (χ0) is 14.2. The summed E-state index contributed by atoms with van der Waals surface area (Å²) in [4.78, 5) is 13.7. The molecule has 0 spiro atoms. The fourth-order valence-electron chi connectivity index (χ4n) is 2.36. The van der Waals surface area contributed by atoms with Crippen molar-refractivity contribution < 1.29 is 18.7 Å². The van der Waals surface area contributed by atoms with Crippen LogP contribution in [0.4, 0.5) is 8.78 Å². The van der Waals surface area contributed by atoms with Crippen molar-refractivity contribution in [2.45, 2.75) is 26.4 Å². The molecule has 2 unspecified atom stereocenters. The first-order valence-corrected chi connectivity index (χ1v) is 6.33. The second kappa shape index (κ2) is 5.25. The molecule has 1 saturated heterocycles. The number of likely N-dealkylation sites (tertiary alicyclic amines) is 1. The van der Waals surface area contributed by atoms with E-state index in [2.05, 4.69) is 0 Å². The van der Waals surface area contributed by atoms with Gasteiger partial charge in [-0.15, -0.1) is 0 Å². The lowest BCUT2D eigenvalue weighted by molar-refractivity contribution is 0.0758. The van der Waals surface area contributed by atoms with Gasteiger partial charge in [-0.25, -0.2) is 8.78 Å². The van der Waals surface area contributed by atoms with Crippen LogP contribution in [0.25, 0.3) is 0 Å². The van der Waals surface area contributed by atoms with E-state index < -0.39 is 23.6 Å². The summed E-state index contributed by atoms with van der Waals surface area (Å²) in [7, 11) is 0. The van der Waals surface area contributed by atoms with Crippen LogP contribution in [0.5, 0.6) is 0 Å². The zero-order valence-electron chi connectivity index (χ0n) is 11.0. The van der Waals surface area contributed by atoms with Crippen molar-refractivity contribution in [3.8, 4) is 0 Å². The van der Waals surface area contributed by atoms with E-state index in [1.165, 1.54) is 17.9 Å². The van der Waals surface area contributed by atoms with E-state index in [1.807, 2.05) is 0 Å². The van der Waals surface area contributed by atoms with Crippen LogP contribution in [-0.2, 0) is 0 Å². The Hall–Kier alpha value is -1.49. The summed E-state index contributed by atoms with van der Waals surface area (Å²) in [5.74, 6) is -1.91. The largest absolute Gasteiger partial charge is 0.393 e. The highest BCUT2D eigenvalue weighted by atomic mass is 19.1. The third-order valence-electron chi connectivity index (χ3n) is 3.67. The maximum absolute atomic E-state index is 13.7. The minimum atomic E-state index is -0.839. The Labute approximate surface area is 110 Å². The molecular weight excluding hydrogens is 252 g/mol. The van der Waals surface area contributed by atoms with Gasteiger partial charge in [0.2, 0.25) is 0 Å². The van der Waals surface area contributed by atoms with E-state index in [4.69, 9.17) is 0 Å². The SMILES string of the molecule is Cc1cc(C(=O)N2CCC(C(C)O)C2)c(F)cc1F. The van der Waals surface area contributed by atoms with Crippen molar-refractivity contribution in [1.29, 1.82) is 0 Å². The molecule has 1 aliphatic rings. The molecule has 0 saturated carbocycles. The molecule has 1 aromatic carbocycles. The molecule has 0 aliphatic carbocycles. The average Bonchev–Trinajstić information content (AvgIpc) is 2.82. The molecule has 5 heteroatoms. The third-order valence-corrected chi connectivity index (χ3v) is 3.67. The monoisotopic (exact) mass is 269 g/mol. The summed E-state index contributed by atoms with van der Waals surface area (Å²) in [6.45, 7) is 4.08. The number of halogens is 2. The summed E-state index contributed by atoms with van der Waals surface area (Å²) in [6, 6.07) is 1.98. The molecule has 0 bridgehead atoms. The quantitative estimate of drug-likeness (QED) is 0.893. The average molecular weight is 269 g/mol. The maximum atomic E-state index is 13.7. The van der Waals surface area contributed by atoms with Crippen LogP contribution in [-0.4, -0.2) is 35.1 Å². The lowest BCUT2D eigenvalue weighted by atomic mass is 10.0. The van der Waals surface area contributed by atoms with E-state index >= 15 is 0 Å². The molecule has 1 aliphatic heterocycles. The van der Waals surface area contributed by atoms with Crippen LogP contribution in [0.1, 0.15) is 29.3 Å². The number of carbonyl (C=O) groups excluding carboxylic acids is 1. The number of aliphatic hydroxyl groups is 1. The second-order valence-electron chi connectivity index (χ2n) is 5.12. The van der Waals surface area contributed by atoms with Crippen LogP contribution in [0.15, 0.2) is 12.1 Å². The van der Waals surface area contributed by atoms with Gasteiger partial charge in [0.15, 0.2) is 0 Å². The van der Waals surface area contributed by atoms with Crippen molar-refractivity contribution in [3.63, 3.8) is 0 Å². The third kappa shape index (κ3) is 2.76. The molecule has 1 N–H and O–H groups in total. The summed E-state index contributed by atoms with van der Waals surface area (Å²) >= 11 is 0. The number of aliphatic hydroxyl groups excluding tert-OH is 1. The first-order valence-electron chi connectivity index (χ1n) is 6.33. The molecule has 2 rings (SSSR count). The van der Waals surface area contributed by atoms with Gasteiger partial charge < -0.3 is 10.0 Å². The molecule has 1 aromatic rings. The first-order chi connectivity index (χ1) is 8.90. The molecular formula is C14H17F2NO2. The Morgan fingerprint density at radius 3 is 2.68 bits per heavy atom. The van der Waals surface area contributed by atoms with E-state index in [9.17, 15) is 18.7 Å². The molecule has 2 atom stereocenters. The van der Waals surface area contributed by atoms with Gasteiger partial charge in [0.25, 0.3) is 5.91 Å². The number of carbonyl (C=O) groups is 1. The van der Waals surface area contributed by atoms with Crippen molar-refractivity contribution in [2.24, 2.45) is 5.92 Å². The molecule has 104 valence electrons. The molecule has 19 heavy (non-hydrogen) atoms. The Balaban J connectivity index is 2.19. The van der Waals surface area contributed by atoms with Gasteiger partial charge in [-0.1, -0.05) is 0 Å². The molecule has 3 nitrogen and oxygen atoms in total. The van der Waals surface area contributed by atoms with Gasteiger partial charge in [0, 0.05) is 25.1 Å². The van der Waals surface area contributed by atoms with Gasteiger partial charge in [-0.3, -0.25) is 4.79 Å². The molecule has 1 fully saturated rings. The molecule has 0 radical (unpaired) electrons. The highest BCUT2D eigenvalue weighted by Crippen LogP contribution is 2.23. The highest BCUT2D eigenvalue weighted by molar-refractivity contribution is 5.94. The molecule has 1 heterocycles. The fourth-order valence-corrected chi connectivity index (χ4v) is 2.36. The minimum Gasteiger partial charge on any atom is -0.393 e. The first kappa shape index (κ1) is 13.9. The van der Waals surface area contributed by atoms with Crippen LogP contribution in [0, 0.1) is 24.5 Å². The summed E-state index contributed by atoms with van der Waals surface area (Å²) in [5.41, 5.74) is 0.140. The lowest BCUT2D eigenvalue weighted by Gasteiger charge is -2.18. The summed E-state index contributed by atoms with van der Waals surface area (Å²) in [6.07, 6.45) is 0.211.